The summed E-state index contributed by atoms with van der Waals surface area (Å²) >= 11 is 0. The number of likely N-dealkylation sites (tertiary alicyclic amines) is 2. The molecule has 7 rings (SSSR count). The summed E-state index contributed by atoms with van der Waals surface area (Å²) < 4.78 is 1.82. The third kappa shape index (κ3) is 7.17. The van der Waals surface area contributed by atoms with Crippen molar-refractivity contribution < 1.29 is 15.8 Å². The Kier molecular flexibility index (Phi) is 8.57. The van der Waals surface area contributed by atoms with E-state index >= 15 is 0 Å². The van der Waals surface area contributed by atoms with Crippen molar-refractivity contribution in [3.8, 4) is 0 Å². The van der Waals surface area contributed by atoms with E-state index in [1.165, 1.54) is 11.1 Å². The first-order chi connectivity index (χ1) is 21.7. The molecule has 0 bridgehead atoms. The fraction of sp³-hybridized carbons (Fsp3) is 0.351. The Labute approximate surface area is 266 Å². The fourth-order valence-corrected chi connectivity index (χ4v) is 6.53. The van der Waals surface area contributed by atoms with E-state index in [0.717, 1.165) is 56.7 Å². The summed E-state index contributed by atoms with van der Waals surface area (Å²) in [5, 5.41) is 6.98. The Morgan fingerprint density at radius 3 is 2.11 bits per heavy atom. The number of carbonyl (C=O) groups is 3. The van der Waals surface area contributed by atoms with Crippen LogP contribution in [0, 0.1) is 16.7 Å². The zero-order valence-electron chi connectivity index (χ0n) is 26.1. The van der Waals surface area contributed by atoms with E-state index in [9.17, 15) is 14.4 Å². The summed E-state index contributed by atoms with van der Waals surface area (Å²) in [5.74, 6) is 0.566. The highest BCUT2D eigenvalue weighted by molar-refractivity contribution is 5.94. The van der Waals surface area contributed by atoms with Gasteiger partial charge in [0.05, 0.1) is 18.3 Å². The molecular formula is C37H43N5O3. The van der Waals surface area contributed by atoms with Gasteiger partial charge in [0.1, 0.15) is 0 Å². The zero-order valence-corrected chi connectivity index (χ0v) is 26.1. The van der Waals surface area contributed by atoms with Gasteiger partial charge >= 0.3 is 0 Å². The van der Waals surface area contributed by atoms with Crippen LogP contribution in [0.15, 0.2) is 97.3 Å². The van der Waals surface area contributed by atoms with Gasteiger partial charge in [-0.15, -0.1) is 0 Å². The molecule has 8 nitrogen and oxygen atoms in total. The van der Waals surface area contributed by atoms with Crippen molar-refractivity contribution in [2.24, 2.45) is 16.7 Å². The fourth-order valence-electron chi connectivity index (χ4n) is 6.53. The van der Waals surface area contributed by atoms with Crippen molar-refractivity contribution in [1.29, 1.82) is 0 Å². The molecule has 1 aliphatic carbocycles. The van der Waals surface area contributed by atoms with Crippen LogP contribution in [0.4, 0.5) is 5.69 Å². The maximum Gasteiger partial charge on any atom is 0.257 e. The van der Waals surface area contributed by atoms with Crippen LogP contribution in [0.5, 0.6) is 0 Å². The van der Waals surface area contributed by atoms with E-state index in [-0.39, 0.29) is 24.1 Å². The van der Waals surface area contributed by atoms with E-state index < -0.39 is 0 Å². The Bertz CT molecular complexity index is 1630. The van der Waals surface area contributed by atoms with Crippen LogP contribution in [0.25, 0.3) is 0 Å². The molecule has 2 aliphatic heterocycles. The second-order valence-electron chi connectivity index (χ2n) is 13.4. The van der Waals surface area contributed by atoms with Crippen LogP contribution >= 0.6 is 0 Å². The SMILES string of the molecule is CC1(C)C[C@@H]1C(=O)N1CC2(CCN(C(=O)c3cnn(Cc4ccccc4)c3)C2)C1.O=CNc1ccc(Cc2ccccc2)cc1.[HH]. The minimum absolute atomic E-state index is 0. The standard InChI is InChI=1S/C23H28N4O2.C14H13NO.H2/c1-22(2)10-19(22)21(29)26-15-23(16-26)8-9-25(14-23)20(28)18-11-24-27(13-18)12-17-6-4-3-5-7-17;16-11-15-14-8-6-13(7-9-14)10-12-4-2-1-3-5-12;/h3-7,11,13,19H,8-10,12,14-16H2,1-2H3;1-9,11H,10H2,(H,15,16);1H/t19-;;/m1../s1. The van der Waals surface area contributed by atoms with Gasteiger partial charge in [-0.25, -0.2) is 0 Å². The van der Waals surface area contributed by atoms with Gasteiger partial charge in [-0.3, -0.25) is 19.1 Å². The van der Waals surface area contributed by atoms with Gasteiger partial charge in [0.2, 0.25) is 12.3 Å². The summed E-state index contributed by atoms with van der Waals surface area (Å²) in [4.78, 5) is 39.7. The predicted octanol–water partition coefficient (Wildman–Crippen LogP) is 5.74. The molecule has 1 saturated carbocycles. The molecule has 1 aromatic heterocycles. The quantitative estimate of drug-likeness (QED) is 0.260. The zero-order chi connectivity index (χ0) is 31.4. The van der Waals surface area contributed by atoms with Crippen LogP contribution < -0.4 is 5.32 Å². The third-order valence-electron chi connectivity index (χ3n) is 9.40. The average molecular weight is 606 g/mol. The van der Waals surface area contributed by atoms with Crippen molar-refractivity contribution in [2.45, 2.75) is 39.7 Å². The monoisotopic (exact) mass is 605 g/mol. The Hall–Kier alpha value is -4.72. The smallest absolute Gasteiger partial charge is 0.257 e. The predicted molar refractivity (Wildman–Crippen MR) is 177 cm³/mol. The normalized spacial score (nSPS) is 18.8. The number of rotatable bonds is 8. The van der Waals surface area contributed by atoms with E-state index in [0.29, 0.717) is 24.4 Å². The average Bonchev–Trinajstić information content (AvgIpc) is 3.35. The van der Waals surface area contributed by atoms with Gasteiger partial charge in [-0.2, -0.15) is 5.10 Å². The number of anilines is 1. The van der Waals surface area contributed by atoms with Crippen molar-refractivity contribution in [3.05, 3.63) is 120 Å². The van der Waals surface area contributed by atoms with Crippen LogP contribution in [0.1, 0.15) is 55.2 Å². The number of hydrogen-bond donors (Lipinski definition) is 1. The van der Waals surface area contributed by atoms with Crippen molar-refractivity contribution in [1.82, 2.24) is 19.6 Å². The highest BCUT2D eigenvalue weighted by Gasteiger charge is 2.57. The van der Waals surface area contributed by atoms with Crippen molar-refractivity contribution in [3.63, 3.8) is 0 Å². The summed E-state index contributed by atoms with van der Waals surface area (Å²) in [6.45, 7) is 8.10. The number of aromatic nitrogens is 2. The number of benzene rings is 3. The lowest BCUT2D eigenvalue weighted by molar-refractivity contribution is -0.144. The molecule has 3 aromatic carbocycles. The van der Waals surface area contributed by atoms with Gasteiger partial charge in [-0.05, 0) is 53.5 Å². The van der Waals surface area contributed by atoms with E-state index in [2.05, 4.69) is 48.5 Å². The number of carbonyl (C=O) groups excluding carboxylic acids is 3. The topological polar surface area (TPSA) is 87.5 Å². The molecule has 1 N–H and O–H groups in total. The lowest BCUT2D eigenvalue weighted by Gasteiger charge is -2.48. The second-order valence-corrected chi connectivity index (χ2v) is 13.4. The molecule has 45 heavy (non-hydrogen) atoms. The molecule has 0 radical (unpaired) electrons. The van der Waals surface area contributed by atoms with Crippen LogP contribution in [0.3, 0.4) is 0 Å². The Balaban J connectivity index is 0.000000209. The highest BCUT2D eigenvalue weighted by Crippen LogP contribution is 2.54. The first-order valence-electron chi connectivity index (χ1n) is 15.7. The third-order valence-corrected chi connectivity index (χ3v) is 9.40. The molecule has 8 heteroatoms. The second kappa shape index (κ2) is 12.7. The van der Waals surface area contributed by atoms with E-state index in [1.54, 1.807) is 6.20 Å². The Morgan fingerprint density at radius 2 is 1.49 bits per heavy atom. The van der Waals surface area contributed by atoms with Crippen molar-refractivity contribution in [2.75, 3.05) is 31.5 Å². The molecule has 3 aliphatic rings. The number of nitrogens with zero attached hydrogens (tertiary/aromatic N) is 4. The summed E-state index contributed by atoms with van der Waals surface area (Å²) in [6, 6.07) is 28.3. The Morgan fingerprint density at radius 1 is 0.889 bits per heavy atom. The number of amides is 3. The van der Waals surface area contributed by atoms with E-state index in [1.807, 2.05) is 81.3 Å². The van der Waals surface area contributed by atoms with Crippen LogP contribution in [-0.2, 0) is 22.6 Å². The minimum Gasteiger partial charge on any atom is -0.341 e. The molecule has 3 fully saturated rings. The molecule has 2 saturated heterocycles. The van der Waals surface area contributed by atoms with Crippen LogP contribution in [0.2, 0.25) is 0 Å². The maximum atomic E-state index is 13.0. The maximum absolute atomic E-state index is 13.0. The van der Waals surface area contributed by atoms with E-state index in [4.69, 9.17) is 0 Å². The van der Waals surface area contributed by atoms with Gasteiger partial charge in [-0.1, -0.05) is 86.6 Å². The molecule has 4 aromatic rings. The first kappa shape index (κ1) is 30.3. The first-order valence-corrected chi connectivity index (χ1v) is 15.7. The van der Waals surface area contributed by atoms with Gasteiger partial charge in [0.15, 0.2) is 0 Å². The lowest BCUT2D eigenvalue weighted by Crippen LogP contribution is -2.60. The number of nitrogens with one attached hydrogen (secondary N) is 1. The van der Waals surface area contributed by atoms with Gasteiger partial charge < -0.3 is 15.1 Å². The highest BCUT2D eigenvalue weighted by atomic mass is 16.2. The summed E-state index contributed by atoms with van der Waals surface area (Å²) in [6.07, 6.45) is 7.10. The van der Waals surface area contributed by atoms with Gasteiger partial charge in [0, 0.05) is 50.8 Å². The molecule has 234 valence electrons. The molecule has 3 amide bonds. The molecule has 3 heterocycles. The van der Waals surface area contributed by atoms with Crippen molar-refractivity contribution >= 4 is 23.9 Å². The lowest BCUT2D eigenvalue weighted by atomic mass is 9.78. The largest absolute Gasteiger partial charge is 0.341 e. The molecular weight excluding hydrogens is 562 g/mol. The van der Waals surface area contributed by atoms with Gasteiger partial charge in [0.25, 0.3) is 5.91 Å². The minimum atomic E-state index is 0. The summed E-state index contributed by atoms with van der Waals surface area (Å²) in [5.41, 5.74) is 5.44. The number of hydrogen-bond acceptors (Lipinski definition) is 4. The van der Waals surface area contributed by atoms with Crippen LogP contribution in [-0.4, -0.2) is 64.0 Å². The molecule has 0 unspecified atom stereocenters. The molecule has 1 spiro atoms. The molecule has 1 atom stereocenters. The summed E-state index contributed by atoms with van der Waals surface area (Å²) in [7, 11) is 0.